The van der Waals surface area contributed by atoms with Crippen LogP contribution < -0.4 is 9.62 Å². The smallest absolute Gasteiger partial charge is 0.280 e. The van der Waals surface area contributed by atoms with E-state index in [4.69, 9.17) is 4.98 Å². The molecule has 1 N–H and O–H groups in total. The van der Waals surface area contributed by atoms with Crippen LogP contribution in [0.3, 0.4) is 0 Å². The van der Waals surface area contributed by atoms with Crippen LogP contribution in [-0.2, 0) is 16.6 Å². The Morgan fingerprint density at radius 3 is 2.81 bits per heavy atom. The fraction of sp³-hybridized carbons (Fsp3) is 0.476. The van der Waals surface area contributed by atoms with Crippen LogP contribution in [-0.4, -0.2) is 54.4 Å². The lowest BCUT2D eigenvalue weighted by molar-refractivity contribution is 0.325. The molecule has 1 saturated heterocycles. The molecular weight excluding hydrogens is 464 g/mol. The van der Waals surface area contributed by atoms with E-state index in [0.29, 0.717) is 17.8 Å². The Hall–Kier alpha value is -2.08. The van der Waals surface area contributed by atoms with Gasteiger partial charge in [0, 0.05) is 42.9 Å². The molecule has 0 spiro atoms. The Morgan fingerprint density at radius 1 is 1.25 bits per heavy atom. The molecule has 8 nitrogen and oxygen atoms in total. The van der Waals surface area contributed by atoms with Crippen LogP contribution in [0.1, 0.15) is 41.4 Å². The summed E-state index contributed by atoms with van der Waals surface area (Å²) in [7, 11) is -1.70. The zero-order chi connectivity index (χ0) is 22.3. The second-order valence-corrected chi connectivity index (χ2v) is 11.8. The van der Waals surface area contributed by atoms with Gasteiger partial charge in [-0.2, -0.15) is 8.42 Å². The van der Waals surface area contributed by atoms with Crippen molar-refractivity contribution < 1.29 is 8.42 Å². The minimum absolute atomic E-state index is 0.00318. The molecule has 0 aromatic carbocycles. The normalized spacial score (nSPS) is 19.4. The molecular formula is C21H26N6O2S3. The van der Waals surface area contributed by atoms with Gasteiger partial charge in [0.2, 0.25) is 0 Å². The summed E-state index contributed by atoms with van der Waals surface area (Å²) in [5.74, 6) is 1.02. The summed E-state index contributed by atoms with van der Waals surface area (Å²) in [5, 5.41) is 5.08. The summed E-state index contributed by atoms with van der Waals surface area (Å²) in [4.78, 5) is 17.7. The van der Waals surface area contributed by atoms with E-state index in [1.807, 2.05) is 6.92 Å². The summed E-state index contributed by atoms with van der Waals surface area (Å²) < 4.78 is 27.7. The first-order chi connectivity index (χ1) is 15.4. The van der Waals surface area contributed by atoms with Crippen LogP contribution in [0, 0.1) is 6.92 Å². The molecule has 1 atom stereocenters. The number of aryl methyl sites for hydroxylation is 1. The van der Waals surface area contributed by atoms with Crippen LogP contribution in [0.2, 0.25) is 0 Å². The Balaban J connectivity index is 1.23. The van der Waals surface area contributed by atoms with Crippen LogP contribution in [0.25, 0.3) is 0 Å². The highest BCUT2D eigenvalue weighted by Crippen LogP contribution is 2.40. The molecule has 0 unspecified atom stereocenters. The molecule has 3 aromatic heterocycles. The number of anilines is 2. The molecule has 0 bridgehead atoms. The van der Waals surface area contributed by atoms with Gasteiger partial charge in [0.05, 0.1) is 29.6 Å². The average Bonchev–Trinajstić information content (AvgIpc) is 3.14. The predicted molar refractivity (Wildman–Crippen MR) is 128 cm³/mol. The predicted octanol–water partition coefficient (Wildman–Crippen LogP) is 3.69. The highest BCUT2D eigenvalue weighted by molar-refractivity contribution is 7.92. The Morgan fingerprint density at radius 2 is 2.09 bits per heavy atom. The first-order valence-corrected chi connectivity index (χ1v) is 14.0. The monoisotopic (exact) mass is 490 g/mol. The molecule has 3 aromatic rings. The Kier molecular flexibility index (Phi) is 5.91. The third-order valence-corrected chi connectivity index (χ3v) is 8.79. The number of hydrogen-bond donors (Lipinski definition) is 1. The van der Waals surface area contributed by atoms with E-state index in [1.54, 1.807) is 34.5 Å². The average molecular weight is 491 g/mol. The van der Waals surface area contributed by atoms with Crippen molar-refractivity contribution in [2.45, 2.75) is 49.7 Å². The molecule has 5 rings (SSSR count). The van der Waals surface area contributed by atoms with E-state index in [9.17, 15) is 8.42 Å². The van der Waals surface area contributed by atoms with Crippen molar-refractivity contribution in [3.63, 3.8) is 0 Å². The molecule has 2 fully saturated rings. The number of aromatic nitrogens is 3. The van der Waals surface area contributed by atoms with Gasteiger partial charge >= 0.3 is 0 Å². The molecule has 1 aliphatic carbocycles. The van der Waals surface area contributed by atoms with E-state index < -0.39 is 10.0 Å². The van der Waals surface area contributed by atoms with Gasteiger partial charge in [0.25, 0.3) is 10.0 Å². The van der Waals surface area contributed by atoms with Crippen molar-refractivity contribution in [1.82, 2.24) is 19.9 Å². The molecule has 0 amide bonds. The maximum Gasteiger partial charge on any atom is 0.280 e. The minimum Gasteiger partial charge on any atom is -0.369 e. The van der Waals surface area contributed by atoms with Gasteiger partial charge in [-0.15, -0.1) is 22.7 Å². The maximum atomic E-state index is 12.6. The van der Waals surface area contributed by atoms with Crippen LogP contribution in [0.4, 0.5) is 11.5 Å². The second kappa shape index (κ2) is 8.69. The molecule has 32 heavy (non-hydrogen) atoms. The molecule has 170 valence electrons. The number of likely N-dealkylation sites (N-methyl/N-ethyl adjacent to an activating group) is 1. The van der Waals surface area contributed by atoms with E-state index >= 15 is 0 Å². The van der Waals surface area contributed by atoms with Crippen LogP contribution in [0.15, 0.2) is 33.6 Å². The van der Waals surface area contributed by atoms with Crippen molar-refractivity contribution in [2.75, 3.05) is 29.8 Å². The topological polar surface area (TPSA) is 91.3 Å². The van der Waals surface area contributed by atoms with Crippen molar-refractivity contribution in [1.29, 1.82) is 0 Å². The summed E-state index contributed by atoms with van der Waals surface area (Å²) in [6.45, 7) is 4.82. The zero-order valence-corrected chi connectivity index (χ0v) is 20.5. The molecule has 11 heteroatoms. The van der Waals surface area contributed by atoms with Gasteiger partial charge < -0.3 is 4.90 Å². The highest BCUT2D eigenvalue weighted by atomic mass is 32.2. The lowest BCUT2D eigenvalue weighted by Gasteiger charge is -2.28. The molecule has 1 saturated carbocycles. The lowest BCUT2D eigenvalue weighted by atomic mass is 10.1. The SMILES string of the molecule is Cc1cc(S(=O)(=O)Nc2cscn2)ncc1N(C)[C@H]1CCN(Cc2nc(C3CC3)cs2)C1. The van der Waals surface area contributed by atoms with Crippen molar-refractivity contribution >= 4 is 44.2 Å². The number of nitrogens with one attached hydrogen (secondary N) is 1. The number of hydrogen-bond acceptors (Lipinski definition) is 9. The molecule has 4 heterocycles. The van der Waals surface area contributed by atoms with Crippen LogP contribution in [0.5, 0.6) is 0 Å². The van der Waals surface area contributed by atoms with E-state index in [-0.39, 0.29) is 5.03 Å². The second-order valence-electron chi connectivity index (χ2n) is 8.52. The summed E-state index contributed by atoms with van der Waals surface area (Å²) in [6.07, 6.45) is 5.29. The number of likely N-dealkylation sites (tertiary alicyclic amines) is 1. The van der Waals surface area contributed by atoms with Gasteiger partial charge in [0.15, 0.2) is 10.8 Å². The Labute approximate surface area is 196 Å². The van der Waals surface area contributed by atoms with E-state index in [2.05, 4.69) is 36.9 Å². The molecule has 1 aliphatic heterocycles. The molecule has 2 aliphatic rings. The largest absolute Gasteiger partial charge is 0.369 e. The highest BCUT2D eigenvalue weighted by Gasteiger charge is 2.29. The van der Waals surface area contributed by atoms with Crippen molar-refractivity contribution in [3.05, 3.63) is 44.8 Å². The lowest BCUT2D eigenvalue weighted by Crippen LogP contribution is -2.35. The first-order valence-electron chi connectivity index (χ1n) is 10.7. The number of pyridine rings is 1. The van der Waals surface area contributed by atoms with Gasteiger partial charge in [-0.1, -0.05) is 0 Å². The molecule has 0 radical (unpaired) electrons. The van der Waals surface area contributed by atoms with Crippen molar-refractivity contribution in [2.24, 2.45) is 0 Å². The van der Waals surface area contributed by atoms with Gasteiger partial charge in [0.1, 0.15) is 5.01 Å². The quantitative estimate of drug-likeness (QED) is 0.515. The summed E-state index contributed by atoms with van der Waals surface area (Å²) in [5.41, 5.74) is 4.70. The maximum absolute atomic E-state index is 12.6. The summed E-state index contributed by atoms with van der Waals surface area (Å²) in [6, 6.07) is 1.98. The van der Waals surface area contributed by atoms with E-state index in [1.165, 1.54) is 34.9 Å². The zero-order valence-electron chi connectivity index (χ0n) is 18.1. The third kappa shape index (κ3) is 4.66. The third-order valence-electron chi connectivity index (χ3n) is 6.10. The fourth-order valence-electron chi connectivity index (χ4n) is 4.12. The fourth-order valence-corrected chi connectivity index (χ4v) is 6.61. The number of thiazole rings is 2. The summed E-state index contributed by atoms with van der Waals surface area (Å²) >= 11 is 3.11. The first kappa shape index (κ1) is 21.7. The standard InChI is InChI=1S/C21H26N6O2S3/c1-14-7-21(32(28,29)25-19-12-30-13-23-19)22-8-18(14)26(2)16-5-6-27(9-16)10-20-24-17(11-31-20)15-3-4-15/h7-8,11-13,15-16,25H,3-6,9-10H2,1-2H3/t16-/m0/s1. The van der Waals surface area contributed by atoms with Crippen molar-refractivity contribution in [3.8, 4) is 0 Å². The number of sulfonamides is 1. The Bertz CT molecular complexity index is 1190. The van der Waals surface area contributed by atoms with Gasteiger partial charge in [-0.25, -0.2) is 15.0 Å². The minimum atomic E-state index is -3.76. The van der Waals surface area contributed by atoms with Gasteiger partial charge in [-0.3, -0.25) is 9.62 Å². The number of nitrogens with zero attached hydrogens (tertiary/aromatic N) is 5. The van der Waals surface area contributed by atoms with Gasteiger partial charge in [-0.05, 0) is 37.8 Å². The van der Waals surface area contributed by atoms with Crippen LogP contribution >= 0.6 is 22.7 Å². The number of rotatable bonds is 8. The van der Waals surface area contributed by atoms with E-state index in [0.717, 1.165) is 37.3 Å².